The molecule has 0 radical (unpaired) electrons. The van der Waals surface area contributed by atoms with E-state index in [1.807, 2.05) is 13.8 Å². The van der Waals surface area contributed by atoms with Gasteiger partial charge in [-0.1, -0.05) is 0 Å². The molecule has 0 bridgehead atoms. The molecule has 15 heavy (non-hydrogen) atoms. The molecule has 0 fully saturated rings. The first-order valence-corrected chi connectivity index (χ1v) is 7.87. The first-order chi connectivity index (χ1) is 6.86. The molecule has 0 aliphatic rings. The average molecular weight is 254 g/mol. The van der Waals surface area contributed by atoms with Crippen LogP contribution in [-0.4, -0.2) is 28.6 Å². The molecule has 1 rings (SSSR count). The maximum atomic E-state index is 5.52. The van der Waals surface area contributed by atoms with Crippen LogP contribution in [0.25, 0.3) is 0 Å². The Kier molecular flexibility index (Phi) is 10.6. The third kappa shape index (κ3) is 6.89. The van der Waals surface area contributed by atoms with E-state index in [0.29, 0.717) is 0 Å². The van der Waals surface area contributed by atoms with Crippen molar-refractivity contribution in [3.8, 4) is 0 Å². The third-order valence-corrected chi connectivity index (χ3v) is 4.49. The molecule has 0 saturated heterocycles. The summed E-state index contributed by atoms with van der Waals surface area (Å²) in [6.07, 6.45) is 0. The molecule has 0 saturated carbocycles. The quantitative estimate of drug-likeness (QED) is 0.454. The van der Waals surface area contributed by atoms with Crippen LogP contribution in [-0.2, 0) is 15.5 Å². The van der Waals surface area contributed by atoms with Crippen molar-refractivity contribution >= 4 is 20.9 Å². The van der Waals surface area contributed by atoms with Crippen molar-refractivity contribution in [2.24, 2.45) is 0 Å². The van der Waals surface area contributed by atoms with Crippen molar-refractivity contribution in [2.45, 2.75) is 25.8 Å². The summed E-state index contributed by atoms with van der Waals surface area (Å²) in [4.78, 5) is 0. The topological polar surface area (TPSA) is 18.5 Å². The van der Waals surface area contributed by atoms with Crippen LogP contribution >= 0.6 is 11.3 Å². The minimum atomic E-state index is -0.303. The van der Waals surface area contributed by atoms with Gasteiger partial charge in [0.25, 0.3) is 0 Å². The van der Waals surface area contributed by atoms with Gasteiger partial charge >= 0.3 is 29.6 Å². The summed E-state index contributed by atoms with van der Waals surface area (Å²) in [7, 11) is -0.303. The first-order valence-electron chi connectivity index (χ1n) is 5.11. The van der Waals surface area contributed by atoms with Crippen molar-refractivity contribution in [1.82, 2.24) is 0 Å². The Morgan fingerprint density at radius 2 is 2.07 bits per heavy atom. The number of ether oxygens (including phenoxy) is 2. The molecule has 82 valence electrons. The molecule has 0 aliphatic carbocycles. The Labute approximate surface area is 122 Å². The molecular weight excluding hydrogens is 235 g/mol. The van der Waals surface area contributed by atoms with Crippen LogP contribution < -0.4 is 29.6 Å². The van der Waals surface area contributed by atoms with E-state index in [2.05, 4.69) is 16.8 Å². The van der Waals surface area contributed by atoms with Gasteiger partial charge in [-0.15, -0.1) is 0 Å². The summed E-state index contributed by atoms with van der Waals surface area (Å²) >= 11 is 1.76. The zero-order valence-corrected chi connectivity index (χ0v) is 14.1. The Morgan fingerprint density at radius 1 is 1.40 bits per heavy atom. The van der Waals surface area contributed by atoms with E-state index in [1.165, 1.54) is 11.6 Å². The van der Waals surface area contributed by atoms with Gasteiger partial charge in [0, 0.05) is 13.2 Å². The second-order valence-corrected chi connectivity index (χ2v) is 5.53. The van der Waals surface area contributed by atoms with Gasteiger partial charge in [-0.05, 0) is 42.3 Å². The van der Waals surface area contributed by atoms with E-state index in [4.69, 9.17) is 9.47 Å². The van der Waals surface area contributed by atoms with Gasteiger partial charge in [0.2, 0.25) is 0 Å². The van der Waals surface area contributed by atoms with Crippen molar-refractivity contribution in [1.29, 1.82) is 0 Å². The van der Waals surface area contributed by atoms with Crippen LogP contribution in [0.5, 0.6) is 0 Å². The standard InChI is InChI=1S/C10H18O2SSi.Na.H/c1-3-11-10(12-4-2)14-8-9-5-6-13-7-9;;/h5-7,10H,3-4,8,14H2,1-2H3;;/q;+1;-1. The van der Waals surface area contributed by atoms with Gasteiger partial charge < -0.3 is 10.9 Å². The fourth-order valence-corrected chi connectivity index (χ4v) is 3.90. The van der Waals surface area contributed by atoms with Gasteiger partial charge in [0.15, 0.2) is 0 Å². The second kappa shape index (κ2) is 10.0. The predicted octanol–water partition coefficient (Wildman–Crippen LogP) is -1.11. The smallest absolute Gasteiger partial charge is 1.00 e. The molecule has 1 aromatic heterocycles. The second-order valence-electron chi connectivity index (χ2n) is 3.01. The maximum absolute atomic E-state index is 5.52. The van der Waals surface area contributed by atoms with Crippen LogP contribution in [0.4, 0.5) is 0 Å². The molecular formula is C10H19NaO2SSi. The van der Waals surface area contributed by atoms with Gasteiger partial charge in [-0.3, -0.25) is 0 Å². The summed E-state index contributed by atoms with van der Waals surface area (Å²) < 4.78 is 11.0. The van der Waals surface area contributed by atoms with Crippen LogP contribution in [0, 0.1) is 0 Å². The Morgan fingerprint density at radius 3 is 2.53 bits per heavy atom. The fourth-order valence-electron chi connectivity index (χ4n) is 1.31. The third-order valence-electron chi connectivity index (χ3n) is 1.95. The predicted molar refractivity (Wildman–Crippen MR) is 64.7 cm³/mol. The molecule has 0 aliphatic heterocycles. The molecule has 0 atom stereocenters. The minimum Gasteiger partial charge on any atom is -1.00 e. The van der Waals surface area contributed by atoms with E-state index in [-0.39, 0.29) is 46.4 Å². The van der Waals surface area contributed by atoms with Gasteiger partial charge in [-0.2, -0.15) is 11.3 Å². The van der Waals surface area contributed by atoms with E-state index < -0.39 is 0 Å². The molecule has 1 heterocycles. The van der Waals surface area contributed by atoms with Gasteiger partial charge in [0.1, 0.15) is 5.91 Å². The Bertz CT molecular complexity index is 231. The summed E-state index contributed by atoms with van der Waals surface area (Å²) in [5, 5.41) is 4.34. The number of rotatable bonds is 7. The molecule has 0 spiro atoms. The fraction of sp³-hybridized carbons (Fsp3) is 0.600. The summed E-state index contributed by atoms with van der Waals surface area (Å²) in [6.45, 7) is 5.54. The molecule has 0 amide bonds. The molecule has 5 heteroatoms. The van der Waals surface area contributed by atoms with Crippen LogP contribution in [0.2, 0.25) is 0 Å². The first kappa shape index (κ1) is 15.8. The van der Waals surface area contributed by atoms with Gasteiger partial charge in [0.05, 0.1) is 9.52 Å². The zero-order chi connectivity index (χ0) is 10.2. The van der Waals surface area contributed by atoms with Crippen molar-refractivity contribution in [2.75, 3.05) is 13.2 Å². The van der Waals surface area contributed by atoms with Crippen LogP contribution in [0.3, 0.4) is 0 Å². The van der Waals surface area contributed by atoms with Crippen molar-refractivity contribution < 1.29 is 40.5 Å². The van der Waals surface area contributed by atoms with E-state index in [1.54, 1.807) is 11.3 Å². The summed E-state index contributed by atoms with van der Waals surface area (Å²) in [6, 6.07) is 3.36. The number of thiophene rings is 1. The normalized spacial score (nSPS) is 11.1. The average Bonchev–Trinajstić information content (AvgIpc) is 2.67. The minimum absolute atomic E-state index is 0. The summed E-state index contributed by atoms with van der Waals surface area (Å²) in [5.74, 6) is 0.102. The van der Waals surface area contributed by atoms with E-state index >= 15 is 0 Å². The largest absolute Gasteiger partial charge is 1.00 e. The maximum Gasteiger partial charge on any atom is 1.00 e. The zero-order valence-electron chi connectivity index (χ0n) is 10.9. The monoisotopic (exact) mass is 254 g/mol. The Balaban J connectivity index is 0. The van der Waals surface area contributed by atoms with Gasteiger partial charge in [-0.25, -0.2) is 0 Å². The van der Waals surface area contributed by atoms with Crippen LogP contribution in [0.15, 0.2) is 16.8 Å². The SMILES string of the molecule is CCOC(OCC)[SiH2]Cc1ccsc1.[H-].[Na+]. The van der Waals surface area contributed by atoms with Crippen LogP contribution in [0.1, 0.15) is 20.8 Å². The number of hydrogen-bond acceptors (Lipinski definition) is 3. The van der Waals surface area contributed by atoms with E-state index in [9.17, 15) is 0 Å². The molecule has 0 unspecified atom stereocenters. The van der Waals surface area contributed by atoms with E-state index in [0.717, 1.165) is 13.2 Å². The molecule has 1 aromatic rings. The summed E-state index contributed by atoms with van der Waals surface area (Å²) in [5.41, 5.74) is 1.44. The molecule has 0 N–H and O–H groups in total. The number of hydrogen-bond donors (Lipinski definition) is 0. The Hall–Kier alpha value is 0.837. The molecule has 2 nitrogen and oxygen atoms in total. The molecule has 0 aromatic carbocycles. The van der Waals surface area contributed by atoms with Crippen molar-refractivity contribution in [3.05, 3.63) is 22.4 Å². The van der Waals surface area contributed by atoms with Crippen molar-refractivity contribution in [3.63, 3.8) is 0 Å².